The van der Waals surface area contributed by atoms with Crippen molar-refractivity contribution in [2.24, 2.45) is 0 Å². The minimum absolute atomic E-state index is 0.528. The fourth-order valence-corrected chi connectivity index (χ4v) is 2.53. The number of likely N-dealkylation sites (tertiary alicyclic amines) is 1. The number of hydrogen-bond acceptors (Lipinski definition) is 3. The maximum absolute atomic E-state index is 5.94. The number of nitrogens with zero attached hydrogens (tertiary/aromatic N) is 2. The van der Waals surface area contributed by atoms with Gasteiger partial charge in [-0.05, 0) is 46.6 Å². The van der Waals surface area contributed by atoms with Crippen LogP contribution in [-0.4, -0.2) is 50.6 Å². The predicted octanol–water partition coefficient (Wildman–Crippen LogP) is 2.39. The van der Waals surface area contributed by atoms with E-state index in [2.05, 4.69) is 55.2 Å². The van der Waals surface area contributed by atoms with Crippen molar-refractivity contribution in [1.29, 1.82) is 0 Å². The molecule has 1 heterocycles. The molecule has 1 aliphatic heterocycles. The van der Waals surface area contributed by atoms with Gasteiger partial charge in [-0.1, -0.05) is 18.2 Å². The van der Waals surface area contributed by atoms with Gasteiger partial charge in [0.2, 0.25) is 0 Å². The second-order valence-electron chi connectivity index (χ2n) is 5.33. The van der Waals surface area contributed by atoms with Crippen LogP contribution in [0.2, 0.25) is 0 Å². The molecule has 1 aromatic rings. The third kappa shape index (κ3) is 3.24. The van der Waals surface area contributed by atoms with Crippen LogP contribution in [0.1, 0.15) is 24.4 Å². The minimum atomic E-state index is 0.528. The Kier molecular flexibility index (Phi) is 4.61. The molecule has 0 N–H and O–H groups in total. The topological polar surface area (TPSA) is 15.7 Å². The van der Waals surface area contributed by atoms with Crippen LogP contribution >= 0.6 is 0 Å². The van der Waals surface area contributed by atoms with Crippen molar-refractivity contribution in [1.82, 2.24) is 9.80 Å². The summed E-state index contributed by atoms with van der Waals surface area (Å²) in [6.45, 7) is 2.89. The molecule has 0 amide bonds. The van der Waals surface area contributed by atoms with Gasteiger partial charge in [0.1, 0.15) is 12.4 Å². The lowest BCUT2D eigenvalue weighted by Gasteiger charge is -2.22. The van der Waals surface area contributed by atoms with Crippen LogP contribution in [0.4, 0.5) is 0 Å². The Hall–Kier alpha value is -1.06. The lowest BCUT2D eigenvalue weighted by Crippen LogP contribution is -2.21. The molecule has 1 fully saturated rings. The van der Waals surface area contributed by atoms with Gasteiger partial charge >= 0.3 is 0 Å². The Bertz CT molecular complexity index is 379. The van der Waals surface area contributed by atoms with Gasteiger partial charge in [0.15, 0.2) is 0 Å². The second kappa shape index (κ2) is 6.21. The van der Waals surface area contributed by atoms with Crippen LogP contribution in [0.5, 0.6) is 5.75 Å². The molecular formula is C15H24N2O. The molecule has 1 aliphatic rings. The highest BCUT2D eigenvalue weighted by Gasteiger charge is 2.24. The van der Waals surface area contributed by atoms with Gasteiger partial charge in [0.25, 0.3) is 0 Å². The Morgan fingerprint density at radius 1 is 1.33 bits per heavy atom. The lowest BCUT2D eigenvalue weighted by atomic mass is 10.0. The predicted molar refractivity (Wildman–Crippen MR) is 75.1 cm³/mol. The van der Waals surface area contributed by atoms with Gasteiger partial charge in [-0.25, -0.2) is 0 Å². The first-order chi connectivity index (χ1) is 8.68. The standard InChI is InChI=1S/C15H24N2O/c1-16(2)11-12-18-15-9-5-4-7-13(15)14-8-6-10-17(14)3/h4-5,7,9,14H,6,8,10-12H2,1-3H3. The van der Waals surface area contributed by atoms with Crippen LogP contribution in [0.15, 0.2) is 24.3 Å². The van der Waals surface area contributed by atoms with Crippen molar-refractivity contribution in [3.05, 3.63) is 29.8 Å². The minimum Gasteiger partial charge on any atom is -0.492 e. The summed E-state index contributed by atoms with van der Waals surface area (Å²) in [5, 5.41) is 0. The number of likely N-dealkylation sites (N-methyl/N-ethyl adjacent to an activating group) is 1. The maximum Gasteiger partial charge on any atom is 0.124 e. The van der Waals surface area contributed by atoms with E-state index in [9.17, 15) is 0 Å². The molecule has 1 aromatic carbocycles. The molecule has 3 nitrogen and oxygen atoms in total. The van der Waals surface area contributed by atoms with Crippen molar-refractivity contribution in [2.75, 3.05) is 40.8 Å². The van der Waals surface area contributed by atoms with Gasteiger partial charge in [0.05, 0.1) is 0 Å². The van der Waals surface area contributed by atoms with E-state index in [1.807, 2.05) is 0 Å². The zero-order valence-electron chi connectivity index (χ0n) is 11.7. The fraction of sp³-hybridized carbons (Fsp3) is 0.600. The molecule has 2 rings (SSSR count). The van der Waals surface area contributed by atoms with E-state index in [4.69, 9.17) is 4.74 Å². The molecule has 1 saturated heterocycles. The molecule has 0 bridgehead atoms. The molecule has 0 saturated carbocycles. The molecule has 18 heavy (non-hydrogen) atoms. The molecule has 0 aliphatic carbocycles. The molecule has 1 atom stereocenters. The summed E-state index contributed by atoms with van der Waals surface area (Å²) < 4.78 is 5.94. The van der Waals surface area contributed by atoms with Crippen molar-refractivity contribution in [2.45, 2.75) is 18.9 Å². The normalized spacial score (nSPS) is 20.6. The van der Waals surface area contributed by atoms with Crippen molar-refractivity contribution in [3.8, 4) is 5.75 Å². The Labute approximate surface area is 110 Å². The average Bonchev–Trinajstić information content (AvgIpc) is 2.76. The summed E-state index contributed by atoms with van der Waals surface area (Å²) in [6, 6.07) is 9.00. The third-order valence-electron chi connectivity index (χ3n) is 3.59. The third-order valence-corrected chi connectivity index (χ3v) is 3.59. The van der Waals surface area contributed by atoms with E-state index in [0.717, 1.165) is 18.9 Å². The van der Waals surface area contributed by atoms with E-state index in [1.54, 1.807) is 0 Å². The number of rotatable bonds is 5. The molecule has 0 radical (unpaired) electrons. The Balaban J connectivity index is 2.05. The summed E-state index contributed by atoms with van der Waals surface area (Å²) >= 11 is 0. The summed E-state index contributed by atoms with van der Waals surface area (Å²) in [4.78, 5) is 4.57. The molecule has 100 valence electrons. The Morgan fingerprint density at radius 3 is 2.78 bits per heavy atom. The number of para-hydroxylation sites is 1. The van der Waals surface area contributed by atoms with Gasteiger partial charge in [0, 0.05) is 18.2 Å². The number of hydrogen-bond donors (Lipinski definition) is 0. The lowest BCUT2D eigenvalue weighted by molar-refractivity contribution is 0.249. The first-order valence-corrected chi connectivity index (χ1v) is 6.75. The van der Waals surface area contributed by atoms with Crippen LogP contribution in [0.25, 0.3) is 0 Å². The summed E-state index contributed by atoms with van der Waals surface area (Å²) in [5.41, 5.74) is 1.34. The van der Waals surface area contributed by atoms with Crippen molar-refractivity contribution in [3.63, 3.8) is 0 Å². The first kappa shape index (κ1) is 13.4. The van der Waals surface area contributed by atoms with Gasteiger partial charge in [-0.2, -0.15) is 0 Å². The molecule has 0 spiro atoms. The highest BCUT2D eigenvalue weighted by molar-refractivity contribution is 5.36. The van der Waals surface area contributed by atoms with Crippen LogP contribution in [-0.2, 0) is 0 Å². The average molecular weight is 248 g/mol. The van der Waals surface area contributed by atoms with Crippen molar-refractivity contribution >= 4 is 0 Å². The highest BCUT2D eigenvalue weighted by Crippen LogP contribution is 2.35. The smallest absolute Gasteiger partial charge is 0.124 e. The van der Waals surface area contributed by atoms with Crippen LogP contribution in [0.3, 0.4) is 0 Å². The van der Waals surface area contributed by atoms with Crippen LogP contribution < -0.4 is 4.74 Å². The molecule has 0 aromatic heterocycles. The van der Waals surface area contributed by atoms with Crippen LogP contribution in [0, 0.1) is 0 Å². The zero-order chi connectivity index (χ0) is 13.0. The van der Waals surface area contributed by atoms with E-state index in [1.165, 1.54) is 24.9 Å². The first-order valence-electron chi connectivity index (χ1n) is 6.75. The van der Waals surface area contributed by atoms with Gasteiger partial charge in [-0.3, -0.25) is 4.90 Å². The fourth-order valence-electron chi connectivity index (χ4n) is 2.53. The largest absolute Gasteiger partial charge is 0.492 e. The van der Waals surface area contributed by atoms with Crippen molar-refractivity contribution < 1.29 is 4.74 Å². The summed E-state index contributed by atoms with van der Waals surface area (Å²) in [6.07, 6.45) is 2.53. The monoisotopic (exact) mass is 248 g/mol. The maximum atomic E-state index is 5.94. The SMILES string of the molecule is CN(C)CCOc1ccccc1C1CCCN1C. The van der Waals surface area contributed by atoms with E-state index in [0.29, 0.717) is 6.04 Å². The van der Waals surface area contributed by atoms with Gasteiger partial charge < -0.3 is 9.64 Å². The number of benzene rings is 1. The second-order valence-corrected chi connectivity index (χ2v) is 5.33. The number of ether oxygens (including phenoxy) is 1. The molecule has 3 heteroatoms. The van der Waals surface area contributed by atoms with E-state index >= 15 is 0 Å². The van der Waals surface area contributed by atoms with Gasteiger partial charge in [-0.15, -0.1) is 0 Å². The molecular weight excluding hydrogens is 224 g/mol. The quantitative estimate of drug-likeness (QED) is 0.796. The molecule has 1 unspecified atom stereocenters. The zero-order valence-corrected chi connectivity index (χ0v) is 11.7. The summed E-state index contributed by atoms with van der Waals surface area (Å²) in [7, 11) is 6.34. The summed E-state index contributed by atoms with van der Waals surface area (Å²) in [5.74, 6) is 1.05. The Morgan fingerprint density at radius 2 is 2.11 bits per heavy atom. The van der Waals surface area contributed by atoms with E-state index in [-0.39, 0.29) is 0 Å². The van der Waals surface area contributed by atoms with E-state index < -0.39 is 0 Å². The highest BCUT2D eigenvalue weighted by atomic mass is 16.5.